The zero-order chi connectivity index (χ0) is 21.1. The summed E-state index contributed by atoms with van der Waals surface area (Å²) in [5.41, 5.74) is 3.00. The van der Waals surface area contributed by atoms with Crippen molar-refractivity contribution in [1.29, 1.82) is 0 Å². The number of likely N-dealkylation sites (tertiary alicyclic amines) is 2. The Morgan fingerprint density at radius 3 is 2.55 bits per heavy atom. The molecule has 6 heteroatoms. The number of aromatic nitrogens is 3. The summed E-state index contributed by atoms with van der Waals surface area (Å²) in [6.07, 6.45) is 8.49. The first-order chi connectivity index (χ1) is 15.2. The van der Waals surface area contributed by atoms with Crippen molar-refractivity contribution in [2.75, 3.05) is 26.2 Å². The highest BCUT2D eigenvalue weighted by atomic mass is 16.4. The first-order valence-electron chi connectivity index (χ1n) is 11.4. The van der Waals surface area contributed by atoms with Crippen LogP contribution in [-0.2, 0) is 13.0 Å². The molecule has 2 saturated heterocycles. The van der Waals surface area contributed by atoms with Gasteiger partial charge < -0.3 is 9.32 Å². The van der Waals surface area contributed by atoms with Crippen molar-refractivity contribution in [1.82, 2.24) is 25.0 Å². The van der Waals surface area contributed by atoms with Gasteiger partial charge in [0.2, 0.25) is 11.8 Å². The van der Waals surface area contributed by atoms with Crippen LogP contribution in [0.4, 0.5) is 0 Å². The van der Waals surface area contributed by atoms with E-state index >= 15 is 0 Å². The SMILES string of the molecule is Cc1nnc(C2CC3(CCN(CCc4ccccc4)CC3)CN2Cc2cccnc2)o1. The molecule has 0 radical (unpaired) electrons. The summed E-state index contributed by atoms with van der Waals surface area (Å²) in [7, 11) is 0. The molecule has 162 valence electrons. The van der Waals surface area contributed by atoms with Gasteiger partial charge in [0.1, 0.15) is 0 Å². The maximum atomic E-state index is 5.89. The normalized spacial score (nSPS) is 21.6. The zero-order valence-electron chi connectivity index (χ0n) is 18.3. The highest BCUT2D eigenvalue weighted by Gasteiger charge is 2.47. The summed E-state index contributed by atoms with van der Waals surface area (Å²) in [5.74, 6) is 1.41. The van der Waals surface area contributed by atoms with Crippen LogP contribution in [0.2, 0.25) is 0 Å². The van der Waals surface area contributed by atoms with Crippen LogP contribution in [0, 0.1) is 12.3 Å². The predicted octanol–water partition coefficient (Wildman–Crippen LogP) is 4.04. The van der Waals surface area contributed by atoms with E-state index < -0.39 is 0 Å². The van der Waals surface area contributed by atoms with E-state index in [-0.39, 0.29) is 6.04 Å². The average Bonchev–Trinajstić information content (AvgIpc) is 3.38. The first-order valence-corrected chi connectivity index (χ1v) is 11.4. The lowest BCUT2D eigenvalue weighted by atomic mass is 9.76. The van der Waals surface area contributed by atoms with E-state index in [1.54, 1.807) is 0 Å². The second-order valence-corrected chi connectivity index (χ2v) is 9.22. The largest absolute Gasteiger partial charge is 0.424 e. The second-order valence-electron chi connectivity index (χ2n) is 9.22. The van der Waals surface area contributed by atoms with Crippen molar-refractivity contribution >= 4 is 0 Å². The third-order valence-corrected chi connectivity index (χ3v) is 7.02. The maximum absolute atomic E-state index is 5.89. The van der Waals surface area contributed by atoms with Crippen LogP contribution < -0.4 is 0 Å². The van der Waals surface area contributed by atoms with E-state index in [4.69, 9.17) is 4.42 Å². The first kappa shape index (κ1) is 20.3. The Morgan fingerprint density at radius 1 is 1.03 bits per heavy atom. The van der Waals surface area contributed by atoms with Crippen LogP contribution in [0.25, 0.3) is 0 Å². The van der Waals surface area contributed by atoms with Gasteiger partial charge in [0, 0.05) is 39.0 Å². The molecule has 1 aromatic carbocycles. The van der Waals surface area contributed by atoms with Gasteiger partial charge in [-0.2, -0.15) is 0 Å². The molecule has 2 aromatic heterocycles. The summed E-state index contributed by atoms with van der Waals surface area (Å²) in [6.45, 7) is 7.32. The Labute approximate surface area is 184 Å². The van der Waals surface area contributed by atoms with E-state index in [9.17, 15) is 0 Å². The highest BCUT2D eigenvalue weighted by molar-refractivity contribution is 5.15. The molecule has 6 nitrogen and oxygen atoms in total. The standard InChI is InChI=1S/C25H31N5O/c1-20-27-28-24(31-20)23-16-25(19-30(23)18-22-8-5-12-26-17-22)10-14-29(15-11-25)13-9-21-6-3-2-4-7-21/h2-8,12,17,23H,9-11,13-16,18-19H2,1H3. The Morgan fingerprint density at radius 2 is 1.84 bits per heavy atom. The fourth-order valence-electron chi connectivity index (χ4n) is 5.27. The molecule has 0 bridgehead atoms. The topological polar surface area (TPSA) is 58.3 Å². The number of nitrogens with zero attached hydrogens (tertiary/aromatic N) is 5. The van der Waals surface area contributed by atoms with Gasteiger partial charge in [0.25, 0.3) is 0 Å². The molecule has 0 amide bonds. The van der Waals surface area contributed by atoms with Crippen molar-refractivity contribution in [2.45, 2.75) is 45.2 Å². The third kappa shape index (κ3) is 4.70. The number of benzene rings is 1. The van der Waals surface area contributed by atoms with Gasteiger partial charge in [-0.25, -0.2) is 0 Å². The lowest BCUT2D eigenvalue weighted by Crippen LogP contribution is -2.42. The quantitative estimate of drug-likeness (QED) is 0.603. The fourth-order valence-corrected chi connectivity index (χ4v) is 5.27. The number of piperidine rings is 1. The van der Waals surface area contributed by atoms with Crippen molar-refractivity contribution in [3.05, 3.63) is 77.8 Å². The smallest absolute Gasteiger partial charge is 0.233 e. The second kappa shape index (κ2) is 8.89. The Bertz CT molecular complexity index is 966. The molecule has 1 atom stereocenters. The van der Waals surface area contributed by atoms with Crippen LogP contribution in [0.3, 0.4) is 0 Å². The number of hydrogen-bond acceptors (Lipinski definition) is 6. The minimum atomic E-state index is 0.192. The summed E-state index contributed by atoms with van der Waals surface area (Å²) in [6, 6.07) is 15.2. The number of rotatable bonds is 6. The van der Waals surface area contributed by atoms with Gasteiger partial charge in [-0.15, -0.1) is 10.2 Å². The van der Waals surface area contributed by atoms with Crippen LogP contribution in [0.5, 0.6) is 0 Å². The predicted molar refractivity (Wildman–Crippen MR) is 119 cm³/mol. The van der Waals surface area contributed by atoms with Crippen molar-refractivity contribution in [3.8, 4) is 0 Å². The highest BCUT2D eigenvalue weighted by Crippen LogP contribution is 2.49. The van der Waals surface area contributed by atoms with Crippen LogP contribution in [-0.4, -0.2) is 51.2 Å². The molecule has 2 fully saturated rings. The molecule has 4 heterocycles. The molecular formula is C25H31N5O. The Kier molecular flexibility index (Phi) is 5.83. The fraction of sp³-hybridized carbons (Fsp3) is 0.480. The minimum Gasteiger partial charge on any atom is -0.424 e. The molecule has 5 rings (SSSR count). The molecule has 3 aromatic rings. The Balaban J connectivity index is 1.25. The van der Waals surface area contributed by atoms with Crippen LogP contribution >= 0.6 is 0 Å². The van der Waals surface area contributed by atoms with Gasteiger partial charge in [-0.3, -0.25) is 9.88 Å². The van der Waals surface area contributed by atoms with E-state index in [0.29, 0.717) is 11.3 Å². The van der Waals surface area contributed by atoms with Crippen LogP contribution in [0.15, 0.2) is 59.3 Å². The molecule has 31 heavy (non-hydrogen) atoms. The summed E-state index contributed by atoms with van der Waals surface area (Å²) >= 11 is 0. The maximum Gasteiger partial charge on any atom is 0.233 e. The minimum absolute atomic E-state index is 0.192. The lowest BCUT2D eigenvalue weighted by Gasteiger charge is -2.39. The Hall–Kier alpha value is -2.57. The molecule has 1 unspecified atom stereocenters. The summed E-state index contributed by atoms with van der Waals surface area (Å²) in [5, 5.41) is 8.50. The van der Waals surface area contributed by atoms with Crippen LogP contribution in [0.1, 0.15) is 48.2 Å². The molecule has 1 spiro atoms. The lowest BCUT2D eigenvalue weighted by molar-refractivity contribution is 0.107. The van der Waals surface area contributed by atoms with Gasteiger partial charge in [-0.05, 0) is 61.4 Å². The summed E-state index contributed by atoms with van der Waals surface area (Å²) < 4.78 is 5.89. The molecule has 2 aliphatic heterocycles. The van der Waals surface area contributed by atoms with Gasteiger partial charge in [-0.1, -0.05) is 36.4 Å². The molecular weight excluding hydrogens is 386 g/mol. The summed E-state index contributed by atoms with van der Waals surface area (Å²) in [4.78, 5) is 9.47. The average molecular weight is 418 g/mol. The molecule has 0 saturated carbocycles. The molecule has 0 N–H and O–H groups in total. The van der Waals surface area contributed by atoms with E-state index in [2.05, 4.69) is 61.4 Å². The van der Waals surface area contributed by atoms with E-state index in [1.807, 2.05) is 25.4 Å². The molecule has 2 aliphatic rings. The number of hydrogen-bond donors (Lipinski definition) is 0. The molecule has 0 aliphatic carbocycles. The van der Waals surface area contributed by atoms with Crippen molar-refractivity contribution in [3.63, 3.8) is 0 Å². The zero-order valence-corrected chi connectivity index (χ0v) is 18.3. The van der Waals surface area contributed by atoms with Gasteiger partial charge in [0.15, 0.2) is 0 Å². The van der Waals surface area contributed by atoms with Crippen molar-refractivity contribution in [2.24, 2.45) is 5.41 Å². The van der Waals surface area contributed by atoms with Gasteiger partial charge in [0.05, 0.1) is 6.04 Å². The van der Waals surface area contributed by atoms with Gasteiger partial charge >= 0.3 is 0 Å². The van der Waals surface area contributed by atoms with E-state index in [0.717, 1.165) is 38.4 Å². The monoisotopic (exact) mass is 417 g/mol. The number of aryl methyl sites for hydroxylation is 1. The third-order valence-electron chi connectivity index (χ3n) is 7.02. The van der Waals surface area contributed by atoms with E-state index in [1.165, 1.54) is 37.1 Å². The van der Waals surface area contributed by atoms with Crippen molar-refractivity contribution < 1.29 is 4.42 Å². The number of pyridine rings is 1.